The van der Waals surface area contributed by atoms with Crippen molar-refractivity contribution in [1.82, 2.24) is 15.4 Å². The molecule has 0 saturated heterocycles. The number of benzene rings is 1. The van der Waals surface area contributed by atoms with Crippen LogP contribution in [0.3, 0.4) is 0 Å². The van der Waals surface area contributed by atoms with Gasteiger partial charge in [0.1, 0.15) is 5.69 Å². The van der Waals surface area contributed by atoms with E-state index in [1.165, 1.54) is 0 Å². The highest BCUT2D eigenvalue weighted by molar-refractivity contribution is 7.92. The first kappa shape index (κ1) is 15.2. The molecule has 0 radical (unpaired) electrons. The van der Waals surface area contributed by atoms with Crippen LogP contribution in [0.1, 0.15) is 17.3 Å². The van der Waals surface area contributed by atoms with Gasteiger partial charge in [-0.3, -0.25) is 4.72 Å². The zero-order valence-electron chi connectivity index (χ0n) is 12.7. The molecule has 1 N–H and O–H groups in total. The minimum atomic E-state index is -3.80. The van der Waals surface area contributed by atoms with E-state index in [1.54, 1.807) is 45.0 Å². The fraction of sp³-hybridized carbons (Fsp3) is 0.214. The molecule has 0 aliphatic rings. The van der Waals surface area contributed by atoms with Crippen LogP contribution in [0.15, 0.2) is 38.1 Å². The van der Waals surface area contributed by atoms with Crippen molar-refractivity contribution in [1.29, 1.82) is 0 Å². The highest BCUT2D eigenvalue weighted by Crippen LogP contribution is 2.25. The molecule has 0 atom stereocenters. The lowest BCUT2D eigenvalue weighted by Crippen LogP contribution is -2.14. The molecule has 1 aromatic carbocycles. The molecule has 3 rings (SSSR count). The third-order valence-corrected chi connectivity index (χ3v) is 4.75. The van der Waals surface area contributed by atoms with Gasteiger partial charge >= 0.3 is 0 Å². The molecule has 9 heteroatoms. The number of rotatable bonds is 4. The Bertz CT molecular complexity index is 939. The molecule has 2 heterocycles. The molecule has 0 fully saturated rings. The van der Waals surface area contributed by atoms with Crippen molar-refractivity contribution in [2.45, 2.75) is 25.7 Å². The van der Waals surface area contributed by atoms with Gasteiger partial charge in [0.05, 0.1) is 0 Å². The Labute approximate surface area is 132 Å². The smallest absolute Gasteiger partial charge is 0.267 e. The second-order valence-electron chi connectivity index (χ2n) is 4.97. The zero-order chi connectivity index (χ0) is 16.6. The molecule has 120 valence electrons. The van der Waals surface area contributed by atoms with E-state index < -0.39 is 10.0 Å². The van der Waals surface area contributed by atoms with Crippen molar-refractivity contribution in [3.8, 4) is 11.5 Å². The Morgan fingerprint density at radius 1 is 1.13 bits per heavy atom. The number of nitrogens with one attached hydrogen (secondary N) is 1. The highest BCUT2D eigenvalue weighted by Gasteiger charge is 2.24. The molecule has 2 aromatic heterocycles. The molecular weight excluding hydrogens is 320 g/mol. The molecular formula is C14H14N4O4S. The fourth-order valence-electron chi connectivity index (χ4n) is 2.19. The summed E-state index contributed by atoms with van der Waals surface area (Å²) in [5.74, 6) is 0.987. The maximum atomic E-state index is 12.5. The van der Waals surface area contributed by atoms with Crippen molar-refractivity contribution in [2.75, 3.05) is 4.72 Å². The molecule has 3 aromatic rings. The van der Waals surface area contributed by atoms with Gasteiger partial charge in [-0.05, 0) is 32.0 Å². The van der Waals surface area contributed by atoms with Gasteiger partial charge in [-0.2, -0.15) is 0 Å². The summed E-state index contributed by atoms with van der Waals surface area (Å²) in [6.45, 7) is 4.80. The first-order chi connectivity index (χ1) is 10.9. The van der Waals surface area contributed by atoms with Crippen molar-refractivity contribution in [3.63, 3.8) is 0 Å². The topological polar surface area (TPSA) is 111 Å². The Balaban J connectivity index is 1.94. The number of aryl methyl sites for hydroxylation is 3. The summed E-state index contributed by atoms with van der Waals surface area (Å²) in [6, 6.07) is 6.69. The number of anilines is 1. The molecule has 0 spiro atoms. The molecule has 0 amide bonds. The lowest BCUT2D eigenvalue weighted by molar-refractivity contribution is 0.390. The predicted molar refractivity (Wildman–Crippen MR) is 81.3 cm³/mol. The number of nitrogens with zero attached hydrogens (tertiary/aromatic N) is 3. The van der Waals surface area contributed by atoms with Crippen LogP contribution in [-0.4, -0.2) is 23.8 Å². The summed E-state index contributed by atoms with van der Waals surface area (Å²) in [5.41, 5.74) is 1.29. The summed E-state index contributed by atoms with van der Waals surface area (Å²) in [6.07, 6.45) is 0. The summed E-state index contributed by atoms with van der Waals surface area (Å²) in [4.78, 5) is 0.0385. The van der Waals surface area contributed by atoms with Gasteiger partial charge in [-0.15, -0.1) is 10.2 Å². The van der Waals surface area contributed by atoms with Gasteiger partial charge < -0.3 is 8.94 Å². The van der Waals surface area contributed by atoms with E-state index in [1.807, 2.05) is 0 Å². The van der Waals surface area contributed by atoms with Gasteiger partial charge in [0.15, 0.2) is 10.7 Å². The summed E-state index contributed by atoms with van der Waals surface area (Å²) >= 11 is 0. The maximum Gasteiger partial charge on any atom is 0.267 e. The van der Waals surface area contributed by atoms with Crippen LogP contribution in [0.4, 0.5) is 5.69 Å². The van der Waals surface area contributed by atoms with E-state index in [0.29, 0.717) is 28.7 Å². The van der Waals surface area contributed by atoms with Crippen LogP contribution < -0.4 is 4.72 Å². The molecule has 0 aliphatic heterocycles. The average molecular weight is 334 g/mol. The minimum absolute atomic E-state index is 0.0385. The van der Waals surface area contributed by atoms with Crippen molar-refractivity contribution < 1.29 is 17.4 Å². The quantitative estimate of drug-likeness (QED) is 0.780. The number of sulfonamides is 1. The molecule has 0 saturated carbocycles. The van der Waals surface area contributed by atoms with Gasteiger partial charge in [-0.1, -0.05) is 11.2 Å². The van der Waals surface area contributed by atoms with Gasteiger partial charge in [0, 0.05) is 18.2 Å². The van der Waals surface area contributed by atoms with Crippen LogP contribution in [0, 0.1) is 20.8 Å². The first-order valence-corrected chi connectivity index (χ1v) is 8.21. The van der Waals surface area contributed by atoms with E-state index >= 15 is 0 Å². The third-order valence-electron chi connectivity index (χ3n) is 3.12. The van der Waals surface area contributed by atoms with E-state index in [9.17, 15) is 8.42 Å². The summed E-state index contributed by atoms with van der Waals surface area (Å²) in [7, 11) is -3.80. The van der Waals surface area contributed by atoms with Crippen LogP contribution in [0.2, 0.25) is 0 Å². The standard InChI is InChI=1S/C14H14N4O4S/c1-8-13(9(2)22-17-8)23(19,20)18-12-6-4-5-11(7-12)14-16-15-10(3)21-14/h4-7,18H,1-3H3. The van der Waals surface area contributed by atoms with Crippen molar-refractivity contribution in [3.05, 3.63) is 41.6 Å². The average Bonchev–Trinajstić information content (AvgIpc) is 3.05. The number of hydrogen-bond acceptors (Lipinski definition) is 7. The molecule has 0 aliphatic carbocycles. The number of hydrogen-bond donors (Lipinski definition) is 1. The van der Waals surface area contributed by atoms with Gasteiger partial charge in [0.25, 0.3) is 10.0 Å². The Morgan fingerprint density at radius 2 is 1.91 bits per heavy atom. The van der Waals surface area contributed by atoms with Crippen LogP contribution in [-0.2, 0) is 10.0 Å². The van der Waals surface area contributed by atoms with Gasteiger partial charge in [-0.25, -0.2) is 8.42 Å². The van der Waals surface area contributed by atoms with E-state index in [-0.39, 0.29) is 10.7 Å². The highest BCUT2D eigenvalue weighted by atomic mass is 32.2. The second-order valence-corrected chi connectivity index (χ2v) is 6.59. The largest absolute Gasteiger partial charge is 0.421 e. The van der Waals surface area contributed by atoms with Crippen molar-refractivity contribution >= 4 is 15.7 Å². The predicted octanol–water partition coefficient (Wildman–Crippen LogP) is 2.45. The van der Waals surface area contributed by atoms with Crippen LogP contribution in [0.5, 0.6) is 0 Å². The Morgan fingerprint density at radius 3 is 2.52 bits per heavy atom. The summed E-state index contributed by atoms with van der Waals surface area (Å²) in [5, 5.41) is 11.3. The van der Waals surface area contributed by atoms with E-state index in [2.05, 4.69) is 20.1 Å². The first-order valence-electron chi connectivity index (χ1n) is 6.73. The molecule has 0 bridgehead atoms. The van der Waals surface area contributed by atoms with Crippen molar-refractivity contribution in [2.24, 2.45) is 0 Å². The zero-order valence-corrected chi connectivity index (χ0v) is 13.5. The molecule has 0 unspecified atom stereocenters. The molecule has 8 nitrogen and oxygen atoms in total. The SMILES string of the molecule is Cc1nnc(-c2cccc(NS(=O)(=O)c3c(C)noc3C)c2)o1. The lowest BCUT2D eigenvalue weighted by Gasteiger charge is -2.08. The lowest BCUT2D eigenvalue weighted by atomic mass is 10.2. The minimum Gasteiger partial charge on any atom is -0.421 e. The monoisotopic (exact) mass is 334 g/mol. The summed E-state index contributed by atoms with van der Waals surface area (Å²) < 4.78 is 37.7. The van der Waals surface area contributed by atoms with E-state index in [4.69, 9.17) is 8.94 Å². The van der Waals surface area contributed by atoms with Gasteiger partial charge in [0.2, 0.25) is 11.8 Å². The Hall–Kier alpha value is -2.68. The number of aromatic nitrogens is 3. The maximum absolute atomic E-state index is 12.5. The van der Waals surface area contributed by atoms with Crippen LogP contribution in [0.25, 0.3) is 11.5 Å². The normalized spacial score (nSPS) is 11.6. The van der Waals surface area contributed by atoms with Crippen LogP contribution >= 0.6 is 0 Å². The third kappa shape index (κ3) is 2.95. The Kier molecular flexibility index (Phi) is 3.64. The fourth-order valence-corrected chi connectivity index (χ4v) is 3.57. The second kappa shape index (κ2) is 5.51. The molecule has 23 heavy (non-hydrogen) atoms. The van der Waals surface area contributed by atoms with E-state index in [0.717, 1.165) is 0 Å².